The molecule has 0 saturated carbocycles. The van der Waals surface area contributed by atoms with Crippen LogP contribution in [0.3, 0.4) is 0 Å². The second-order valence-electron chi connectivity index (χ2n) is 8.11. The Morgan fingerprint density at radius 3 is 2.41 bits per heavy atom. The number of aromatic amines is 1. The van der Waals surface area contributed by atoms with Gasteiger partial charge in [-0.15, -0.1) is 0 Å². The monoisotopic (exact) mass is 427 g/mol. The summed E-state index contributed by atoms with van der Waals surface area (Å²) in [5.74, 6) is 1.75. The highest BCUT2D eigenvalue weighted by Crippen LogP contribution is 2.26. The van der Waals surface area contributed by atoms with Crippen molar-refractivity contribution >= 4 is 28.6 Å². The minimum Gasteiger partial charge on any atom is -0.382 e. The molecule has 2 aromatic carbocycles. The number of piperazine rings is 1. The van der Waals surface area contributed by atoms with E-state index in [2.05, 4.69) is 19.9 Å². The lowest BCUT2D eigenvalue weighted by Crippen LogP contribution is -2.49. The first-order chi connectivity index (χ1) is 15.5. The van der Waals surface area contributed by atoms with Gasteiger partial charge in [0.05, 0.1) is 17.2 Å². The van der Waals surface area contributed by atoms with E-state index in [4.69, 9.17) is 10.7 Å². The predicted molar refractivity (Wildman–Crippen MR) is 126 cm³/mol. The lowest BCUT2D eigenvalue weighted by molar-refractivity contribution is 0.0745. The summed E-state index contributed by atoms with van der Waals surface area (Å²) in [5.41, 5.74) is 11.3. The second-order valence-corrected chi connectivity index (χ2v) is 8.11. The number of carbonyl (C=O) groups excluding carboxylic acids is 1. The normalized spacial score (nSPS) is 14.2. The van der Waals surface area contributed by atoms with Crippen LogP contribution >= 0.6 is 0 Å². The van der Waals surface area contributed by atoms with Crippen molar-refractivity contribution in [1.29, 1.82) is 0 Å². The van der Waals surface area contributed by atoms with Crippen LogP contribution in [0.2, 0.25) is 0 Å². The zero-order valence-corrected chi connectivity index (χ0v) is 18.2. The van der Waals surface area contributed by atoms with Crippen molar-refractivity contribution < 1.29 is 4.79 Å². The molecule has 0 aliphatic carbocycles. The molecule has 162 valence electrons. The van der Waals surface area contributed by atoms with Crippen molar-refractivity contribution in [3.05, 3.63) is 65.4 Å². The highest BCUT2D eigenvalue weighted by Gasteiger charge is 2.25. The average Bonchev–Trinajstić information content (AvgIpc) is 3.23. The van der Waals surface area contributed by atoms with Crippen LogP contribution in [0.15, 0.2) is 48.7 Å². The van der Waals surface area contributed by atoms with Gasteiger partial charge in [0.1, 0.15) is 5.82 Å². The topological polar surface area (TPSA) is 104 Å². The fraction of sp³-hybridized carbons (Fsp3) is 0.250. The largest absolute Gasteiger partial charge is 0.382 e. The molecule has 0 radical (unpaired) electrons. The van der Waals surface area contributed by atoms with E-state index in [-0.39, 0.29) is 5.91 Å². The highest BCUT2D eigenvalue weighted by atomic mass is 16.2. The summed E-state index contributed by atoms with van der Waals surface area (Å²) in [6.07, 6.45) is 1.68. The third kappa shape index (κ3) is 3.53. The van der Waals surface area contributed by atoms with Gasteiger partial charge in [-0.25, -0.2) is 15.0 Å². The van der Waals surface area contributed by atoms with E-state index in [1.54, 1.807) is 6.20 Å². The number of nitrogens with two attached hydrogens (primary N) is 1. The molecule has 1 saturated heterocycles. The molecule has 2 aromatic heterocycles. The number of nitrogens with zero attached hydrogens (tertiary/aromatic N) is 5. The number of amides is 1. The maximum atomic E-state index is 13.1. The smallest absolute Gasteiger partial charge is 0.254 e. The number of fused-ring (bicyclic) bond motifs is 1. The first-order valence-corrected chi connectivity index (χ1v) is 10.7. The van der Waals surface area contributed by atoms with E-state index in [1.165, 1.54) is 0 Å². The number of H-pyrrole nitrogens is 1. The predicted octanol–water partition coefficient (Wildman–Crippen LogP) is 3.18. The molecule has 0 spiro atoms. The first-order valence-electron chi connectivity index (χ1n) is 10.7. The van der Waals surface area contributed by atoms with Crippen LogP contribution in [0, 0.1) is 13.8 Å². The third-order valence-electron chi connectivity index (χ3n) is 5.99. The molecule has 32 heavy (non-hydrogen) atoms. The fourth-order valence-corrected chi connectivity index (χ4v) is 4.23. The van der Waals surface area contributed by atoms with E-state index in [0.717, 1.165) is 33.5 Å². The lowest BCUT2D eigenvalue weighted by Gasteiger charge is -2.35. The van der Waals surface area contributed by atoms with Gasteiger partial charge in [-0.3, -0.25) is 4.79 Å². The Morgan fingerprint density at radius 1 is 0.969 bits per heavy atom. The molecule has 3 heterocycles. The van der Waals surface area contributed by atoms with Crippen molar-refractivity contribution in [2.24, 2.45) is 0 Å². The zero-order chi connectivity index (χ0) is 22.2. The summed E-state index contributed by atoms with van der Waals surface area (Å²) >= 11 is 0. The molecule has 3 N–H and O–H groups in total. The Bertz CT molecular complexity index is 1250. The van der Waals surface area contributed by atoms with Crippen LogP contribution in [0.5, 0.6) is 0 Å². The minimum atomic E-state index is 0.0894. The van der Waals surface area contributed by atoms with Gasteiger partial charge < -0.3 is 20.5 Å². The van der Waals surface area contributed by atoms with Gasteiger partial charge in [-0.1, -0.05) is 30.3 Å². The number of anilines is 2. The Balaban J connectivity index is 1.35. The number of aryl methyl sites for hydroxylation is 2. The molecule has 4 aromatic rings. The number of nitrogens with one attached hydrogen (secondary N) is 1. The van der Waals surface area contributed by atoms with Crippen LogP contribution < -0.4 is 10.6 Å². The number of rotatable bonds is 3. The molecular weight excluding hydrogens is 402 g/mol. The van der Waals surface area contributed by atoms with Crippen LogP contribution in [0.4, 0.5) is 11.6 Å². The number of hydrogen-bond acceptors (Lipinski definition) is 6. The van der Waals surface area contributed by atoms with E-state index in [0.29, 0.717) is 43.5 Å². The molecule has 8 heteroatoms. The Morgan fingerprint density at radius 2 is 1.69 bits per heavy atom. The number of hydrogen-bond donors (Lipinski definition) is 2. The number of carbonyl (C=O) groups is 1. The quantitative estimate of drug-likeness (QED) is 0.520. The summed E-state index contributed by atoms with van der Waals surface area (Å²) in [7, 11) is 0. The van der Waals surface area contributed by atoms with Gasteiger partial charge in [0.25, 0.3) is 5.91 Å². The van der Waals surface area contributed by atoms with E-state index in [9.17, 15) is 4.79 Å². The lowest BCUT2D eigenvalue weighted by atomic mass is 10.0. The Hall–Kier alpha value is -3.94. The standard InChI is InChI=1S/C24H25N7O/c1-15-6-5-7-16(2)20(15)24(32)31-12-10-30(11-13-31)19-14-26-22(25)21(29-19)23-27-17-8-3-4-9-18(17)28-23/h3-9,14H,10-13H2,1-2H3,(H2,25,26)(H,27,28). The maximum absolute atomic E-state index is 13.1. The van der Waals surface area contributed by atoms with Crippen LogP contribution in [-0.4, -0.2) is 56.9 Å². The number of nitrogen functional groups attached to an aromatic ring is 1. The molecule has 1 fully saturated rings. The van der Waals surface area contributed by atoms with Gasteiger partial charge in [0.15, 0.2) is 17.3 Å². The Labute approximate surface area is 186 Å². The van der Waals surface area contributed by atoms with E-state index < -0.39 is 0 Å². The second kappa shape index (κ2) is 7.96. The summed E-state index contributed by atoms with van der Waals surface area (Å²) < 4.78 is 0. The minimum absolute atomic E-state index is 0.0894. The summed E-state index contributed by atoms with van der Waals surface area (Å²) in [6, 6.07) is 13.8. The van der Waals surface area contributed by atoms with Crippen molar-refractivity contribution in [3.8, 4) is 11.5 Å². The third-order valence-corrected chi connectivity index (χ3v) is 5.99. The van der Waals surface area contributed by atoms with Crippen molar-refractivity contribution in [1.82, 2.24) is 24.8 Å². The first kappa shape index (κ1) is 20.0. The molecule has 0 bridgehead atoms. The van der Waals surface area contributed by atoms with Crippen LogP contribution in [0.1, 0.15) is 21.5 Å². The number of para-hydroxylation sites is 2. The average molecular weight is 428 g/mol. The van der Waals surface area contributed by atoms with Gasteiger partial charge in [-0.05, 0) is 37.1 Å². The van der Waals surface area contributed by atoms with Crippen LogP contribution in [0.25, 0.3) is 22.6 Å². The summed E-state index contributed by atoms with van der Waals surface area (Å²) in [6.45, 7) is 6.57. The van der Waals surface area contributed by atoms with Crippen molar-refractivity contribution in [2.75, 3.05) is 36.8 Å². The van der Waals surface area contributed by atoms with Gasteiger partial charge in [-0.2, -0.15) is 0 Å². The molecule has 1 aliphatic heterocycles. The zero-order valence-electron chi connectivity index (χ0n) is 18.2. The van der Waals surface area contributed by atoms with Gasteiger partial charge in [0.2, 0.25) is 0 Å². The SMILES string of the molecule is Cc1cccc(C)c1C(=O)N1CCN(c2cnc(N)c(-c3nc4ccccc4[nH]3)n2)CC1. The molecule has 5 rings (SSSR count). The summed E-state index contributed by atoms with van der Waals surface area (Å²) in [5, 5.41) is 0. The highest BCUT2D eigenvalue weighted by molar-refractivity contribution is 5.97. The van der Waals surface area contributed by atoms with Crippen molar-refractivity contribution in [3.63, 3.8) is 0 Å². The molecule has 0 unspecified atom stereocenters. The molecule has 1 aliphatic rings. The fourth-order valence-electron chi connectivity index (χ4n) is 4.23. The van der Waals surface area contributed by atoms with Gasteiger partial charge in [0, 0.05) is 31.7 Å². The number of aromatic nitrogens is 4. The number of benzene rings is 2. The van der Waals surface area contributed by atoms with E-state index >= 15 is 0 Å². The molecule has 1 amide bonds. The number of imidazole rings is 1. The molecular formula is C24H25N7O. The van der Waals surface area contributed by atoms with Gasteiger partial charge >= 0.3 is 0 Å². The summed E-state index contributed by atoms with van der Waals surface area (Å²) in [4.78, 5) is 34.1. The Kier molecular flexibility index (Phi) is 4.97. The van der Waals surface area contributed by atoms with E-state index in [1.807, 2.05) is 61.2 Å². The van der Waals surface area contributed by atoms with Crippen molar-refractivity contribution in [2.45, 2.75) is 13.8 Å². The van der Waals surface area contributed by atoms with Crippen LogP contribution in [-0.2, 0) is 0 Å². The molecule has 0 atom stereocenters. The maximum Gasteiger partial charge on any atom is 0.254 e. The molecule has 8 nitrogen and oxygen atoms in total.